The summed E-state index contributed by atoms with van der Waals surface area (Å²) in [6, 6.07) is 11.3. The van der Waals surface area contributed by atoms with Crippen LogP contribution in [0.2, 0.25) is 5.02 Å². The van der Waals surface area contributed by atoms with Crippen LogP contribution < -0.4 is 36.0 Å². The van der Waals surface area contributed by atoms with Crippen LogP contribution in [0.1, 0.15) is 56.6 Å². The third-order valence-electron chi connectivity index (χ3n) is 14.1. The standard InChI is InChI=1S/C44H48ClF2N11O4/c1-54-32-10-8-25(16-30(32)36-38(42(54)61)62-22-44(46,47)39(51-36)24-6-7-24)49-40-31(45)18-48-43(52-40)57-20-26-17-27(21-57)58(26)19-23-12-14-56(15-13-23)33-5-3-4-28-35(53-55(2)37(28)33)29-9-11-34(59)50-41(29)60/h3-5,8,10,16,18,23-24,26-27,29,39,51H,6-7,9,11-15,17,19-22H2,1-2H3,(H,48,49,52)(H,50,59,60)/t26?,27?,29?,39-/m0/s1. The molecule has 4 atom stereocenters. The topological polar surface area (TPSA) is 155 Å². The second-order valence-corrected chi connectivity index (χ2v) is 18.5. The largest absolute Gasteiger partial charge is 0.480 e. The number of piperidine rings is 3. The molecule has 0 spiro atoms. The lowest BCUT2D eigenvalue weighted by atomic mass is 9.84. The molecule has 5 saturated heterocycles. The van der Waals surface area contributed by atoms with Gasteiger partial charge in [0.05, 0.1) is 46.3 Å². The van der Waals surface area contributed by atoms with Gasteiger partial charge in [-0.05, 0) is 74.6 Å². The molecule has 3 aromatic heterocycles. The van der Waals surface area contributed by atoms with Crippen molar-refractivity contribution in [1.82, 2.24) is 34.5 Å². The first-order chi connectivity index (χ1) is 29.9. The first-order valence-corrected chi connectivity index (χ1v) is 22.1. The highest BCUT2D eigenvalue weighted by atomic mass is 35.5. The number of piperazine rings is 1. The summed E-state index contributed by atoms with van der Waals surface area (Å²) in [6.45, 7) is 3.69. The summed E-state index contributed by atoms with van der Waals surface area (Å²) < 4.78 is 39.2. The molecule has 15 nitrogen and oxygen atoms in total. The van der Waals surface area contributed by atoms with Crippen molar-refractivity contribution in [2.75, 3.05) is 59.8 Å². The van der Waals surface area contributed by atoms with Gasteiger partial charge in [-0.1, -0.05) is 23.7 Å². The van der Waals surface area contributed by atoms with Crippen LogP contribution in [0, 0.1) is 11.8 Å². The molecule has 1 aliphatic carbocycles. The molecule has 2 amide bonds. The molecule has 0 radical (unpaired) electrons. The Morgan fingerprint density at radius 1 is 0.984 bits per heavy atom. The third kappa shape index (κ3) is 6.69. The normalized spacial score (nSPS) is 25.2. The van der Waals surface area contributed by atoms with Crippen LogP contribution in [0.4, 0.5) is 37.6 Å². The van der Waals surface area contributed by atoms with E-state index < -0.39 is 30.0 Å². The third-order valence-corrected chi connectivity index (χ3v) is 14.4. The molecule has 2 aromatic carbocycles. The highest BCUT2D eigenvalue weighted by molar-refractivity contribution is 6.33. The first-order valence-electron chi connectivity index (χ1n) is 21.7. The lowest BCUT2D eigenvalue weighted by Crippen LogP contribution is -2.69. The summed E-state index contributed by atoms with van der Waals surface area (Å²) in [5, 5.41) is 15.5. The van der Waals surface area contributed by atoms with Crippen LogP contribution in [-0.4, -0.2) is 104 Å². The zero-order chi connectivity index (χ0) is 42.6. The molecule has 18 heteroatoms. The molecule has 3 N–H and O–H groups in total. The molecule has 5 aromatic rings. The molecular formula is C44H48ClF2N11O4. The van der Waals surface area contributed by atoms with Gasteiger partial charge >= 0.3 is 5.92 Å². The Bertz CT molecular complexity index is 2700. The lowest BCUT2D eigenvalue weighted by molar-refractivity contribution is -0.134. The van der Waals surface area contributed by atoms with Crippen LogP contribution >= 0.6 is 11.6 Å². The number of nitrogens with zero attached hydrogens (tertiary/aromatic N) is 8. The van der Waals surface area contributed by atoms with Gasteiger partial charge in [-0.2, -0.15) is 10.1 Å². The van der Waals surface area contributed by atoms with Crippen LogP contribution in [0.15, 0.2) is 47.4 Å². The number of rotatable bonds is 8. The number of halogens is 3. The predicted molar refractivity (Wildman–Crippen MR) is 232 cm³/mol. The number of alkyl halides is 2. The minimum atomic E-state index is -3.13. The Hall–Kier alpha value is -5.55. The van der Waals surface area contributed by atoms with Crippen LogP contribution in [-0.2, 0) is 23.7 Å². The van der Waals surface area contributed by atoms with Gasteiger partial charge in [0.2, 0.25) is 23.5 Å². The fourth-order valence-electron chi connectivity index (χ4n) is 10.6. The molecule has 7 aliphatic rings. The second-order valence-electron chi connectivity index (χ2n) is 18.1. The van der Waals surface area contributed by atoms with Gasteiger partial charge in [0.1, 0.15) is 5.02 Å². The molecule has 3 unspecified atom stereocenters. The van der Waals surface area contributed by atoms with Crippen molar-refractivity contribution in [1.29, 1.82) is 0 Å². The van der Waals surface area contributed by atoms with Gasteiger partial charge in [0, 0.05) is 81.8 Å². The number of carbonyl (C=O) groups excluding carboxylic acids is 2. The maximum atomic E-state index is 15.2. The summed E-state index contributed by atoms with van der Waals surface area (Å²) in [5.74, 6) is -2.76. The Kier molecular flexibility index (Phi) is 9.37. The van der Waals surface area contributed by atoms with Crippen LogP contribution in [0.3, 0.4) is 0 Å². The first kappa shape index (κ1) is 39.3. The average Bonchev–Trinajstić information content (AvgIpc) is 4.07. The second kappa shape index (κ2) is 14.8. The molecule has 324 valence electrons. The number of hydrogen-bond donors (Lipinski definition) is 3. The van der Waals surface area contributed by atoms with Gasteiger partial charge in [0.15, 0.2) is 12.4 Å². The predicted octanol–water partition coefficient (Wildman–Crippen LogP) is 5.53. The van der Waals surface area contributed by atoms with Crippen molar-refractivity contribution in [3.8, 4) is 5.75 Å². The number of imide groups is 1. The molecule has 12 rings (SSSR count). The van der Waals surface area contributed by atoms with Crippen molar-refractivity contribution in [3.05, 3.63) is 63.7 Å². The molecule has 1 saturated carbocycles. The average molecular weight is 868 g/mol. The maximum absolute atomic E-state index is 15.2. The van der Waals surface area contributed by atoms with Crippen molar-refractivity contribution in [2.24, 2.45) is 25.9 Å². The Morgan fingerprint density at radius 2 is 1.77 bits per heavy atom. The van der Waals surface area contributed by atoms with Gasteiger partial charge < -0.3 is 29.7 Å². The summed E-state index contributed by atoms with van der Waals surface area (Å²) in [6.07, 6.45) is 7.09. The quantitative estimate of drug-likeness (QED) is 0.168. The van der Waals surface area contributed by atoms with Crippen LogP contribution in [0.25, 0.3) is 21.8 Å². The van der Waals surface area contributed by atoms with Crippen molar-refractivity contribution in [3.63, 3.8) is 0 Å². The number of hydrogen-bond acceptors (Lipinski definition) is 12. The zero-order valence-corrected chi connectivity index (χ0v) is 35.3. The molecule has 9 heterocycles. The molecule has 6 fully saturated rings. The van der Waals surface area contributed by atoms with Gasteiger partial charge in [-0.3, -0.25) is 29.3 Å². The van der Waals surface area contributed by atoms with E-state index in [1.54, 1.807) is 19.3 Å². The van der Waals surface area contributed by atoms with E-state index in [1.807, 2.05) is 36.0 Å². The molecular weight excluding hydrogens is 820 g/mol. The van der Waals surface area contributed by atoms with E-state index in [-0.39, 0.29) is 29.2 Å². The number of fused-ring (bicyclic) bond motifs is 6. The summed E-state index contributed by atoms with van der Waals surface area (Å²) in [4.78, 5) is 54.6. The Balaban J connectivity index is 0.747. The zero-order valence-electron chi connectivity index (χ0n) is 34.5. The van der Waals surface area contributed by atoms with Gasteiger partial charge in [-0.15, -0.1) is 0 Å². The van der Waals surface area contributed by atoms with E-state index in [0.717, 1.165) is 74.3 Å². The highest BCUT2D eigenvalue weighted by Gasteiger charge is 2.51. The SMILES string of the molecule is Cn1nc(C2CCC(=O)NC2=O)c2cccc(N3CCC(CN4C5CC4CN(c4ncc(Cl)c(Nc6ccc7c(c6)c6c(c(=O)n7C)OCC(F)(F)[C@H](C7CC7)N6)n4)C5)CC3)c21. The number of amides is 2. The smallest absolute Gasteiger partial charge is 0.301 e. The van der Waals surface area contributed by atoms with Gasteiger partial charge in [0.25, 0.3) is 5.56 Å². The minimum Gasteiger partial charge on any atom is -0.480 e. The minimum absolute atomic E-state index is 0.104. The number of ether oxygens (including phenoxy) is 1. The van der Waals surface area contributed by atoms with E-state index in [2.05, 4.69) is 41.7 Å². The van der Waals surface area contributed by atoms with E-state index in [9.17, 15) is 14.4 Å². The van der Waals surface area contributed by atoms with E-state index in [4.69, 9.17) is 26.4 Å². The van der Waals surface area contributed by atoms with E-state index >= 15 is 8.78 Å². The number of aryl methyl sites for hydroxylation is 2. The molecule has 2 bridgehead atoms. The lowest BCUT2D eigenvalue weighted by Gasteiger charge is -2.57. The van der Waals surface area contributed by atoms with Gasteiger partial charge in [-0.25, -0.2) is 13.8 Å². The number of nitrogens with one attached hydrogen (secondary N) is 3. The summed E-state index contributed by atoms with van der Waals surface area (Å²) in [5.41, 5.74) is 3.90. The number of para-hydroxylation sites is 1. The number of pyridine rings is 1. The van der Waals surface area contributed by atoms with E-state index in [1.165, 1.54) is 4.57 Å². The van der Waals surface area contributed by atoms with E-state index in [0.29, 0.717) is 77.1 Å². The van der Waals surface area contributed by atoms with Crippen molar-refractivity contribution in [2.45, 2.75) is 74.9 Å². The van der Waals surface area contributed by atoms with Crippen LogP contribution in [0.5, 0.6) is 5.75 Å². The number of aromatic nitrogens is 5. The number of carbonyl (C=O) groups is 2. The maximum Gasteiger partial charge on any atom is 0.301 e. The molecule has 6 aliphatic heterocycles. The summed E-state index contributed by atoms with van der Waals surface area (Å²) >= 11 is 6.67. The Morgan fingerprint density at radius 3 is 2.53 bits per heavy atom. The van der Waals surface area contributed by atoms with Crippen molar-refractivity contribution < 1.29 is 23.1 Å². The highest BCUT2D eigenvalue weighted by Crippen LogP contribution is 2.46. The Labute approximate surface area is 360 Å². The fourth-order valence-corrected chi connectivity index (χ4v) is 10.8. The number of anilines is 5. The monoisotopic (exact) mass is 867 g/mol. The fraction of sp³-hybridized carbons (Fsp3) is 0.500. The summed E-state index contributed by atoms with van der Waals surface area (Å²) in [7, 11) is 3.54. The van der Waals surface area contributed by atoms with Crippen molar-refractivity contribution >= 4 is 74.0 Å². The number of benzene rings is 2. The molecule has 62 heavy (non-hydrogen) atoms.